The number of carboxylic acids is 1. The molecule has 4 amide bonds. The average molecular weight is 1610 g/mol. The number of nitrogens with two attached hydrogens (primary N) is 1. The Kier molecular flexibility index (Phi) is 27.8. The molecule has 0 aromatic heterocycles. The van der Waals surface area contributed by atoms with Gasteiger partial charge in [-0.25, -0.2) is 19.2 Å². The fourth-order valence-corrected chi connectivity index (χ4v) is 16.0. The average Bonchev–Trinajstić information content (AvgIpc) is 0.928. The number of rotatable bonds is 5. The van der Waals surface area contributed by atoms with Crippen molar-refractivity contribution in [3.05, 3.63) is 164 Å². The Hall–Kier alpha value is -7.78. The minimum absolute atomic E-state index is 0.0164. The van der Waals surface area contributed by atoms with Gasteiger partial charge in [0.15, 0.2) is 0 Å². The summed E-state index contributed by atoms with van der Waals surface area (Å²) in [5.41, 5.74) is 10.4. The van der Waals surface area contributed by atoms with Crippen molar-refractivity contribution in [1.29, 1.82) is 0 Å². The summed E-state index contributed by atoms with van der Waals surface area (Å²) in [4.78, 5) is 70.6. The van der Waals surface area contributed by atoms with Crippen LogP contribution >= 0.6 is 15.9 Å². The lowest BCUT2D eigenvalue weighted by molar-refractivity contribution is -0.138. The molecule has 5 aromatic carbocycles. The summed E-state index contributed by atoms with van der Waals surface area (Å²) in [6.45, 7) is 26.9. The van der Waals surface area contributed by atoms with E-state index in [2.05, 4.69) is 36.4 Å². The van der Waals surface area contributed by atoms with Gasteiger partial charge in [-0.15, -0.1) is 0 Å². The molecule has 8 aliphatic rings. The van der Waals surface area contributed by atoms with E-state index in [0.717, 1.165) is 207 Å². The standard InChI is InChI=1S/C31H38F3N3O3.C21H29F3N2O2.C14H26N2O2.C10H11NO2.C7H4BrF3/c1-29(2,3)40-28(39)35-26-11-6-21-4-5-22(20-25(21)26)27(38)37-18-14-30(15-19-37)12-16-36(17-13-30)24-9-7-23(8-10-24)31(32,33)34;1-19(2,3)28-18(27)26-14-10-20(11-15-26)8-12-25(13-9-20)17-6-4-16(5-7-17)21(22,23)24;1-13(2,3)18-12(17)16-10-6-14(7-11-16)4-8-15-9-5-14;11-9-4-3-6-1-2-7(10(12)13)5-8(6)9;8-6-3-1-5(2-4-6)7(9,10)11/h4-5,7-10,20,26H,6,11-19H2,1-3H3,(H,35,39);4-7H,8-15H2,1-3H3;15H,4-11H2,1-3H3;1-2,5,9H,3-4,11H2,(H,12,13);1-4H. The monoisotopic (exact) mass is 1610 g/mol. The minimum Gasteiger partial charge on any atom is -0.478 e. The Morgan fingerprint density at radius 2 is 0.800 bits per heavy atom. The molecule has 6 fully saturated rings. The first-order chi connectivity index (χ1) is 51.4. The third-order valence-corrected chi connectivity index (χ3v) is 22.9. The van der Waals surface area contributed by atoms with Gasteiger partial charge < -0.3 is 60.2 Å². The van der Waals surface area contributed by atoms with Gasteiger partial charge in [-0.1, -0.05) is 28.1 Å². The molecule has 2 aliphatic carbocycles. The lowest BCUT2D eigenvalue weighted by Gasteiger charge is -2.47. The van der Waals surface area contributed by atoms with Gasteiger partial charge in [0.1, 0.15) is 16.8 Å². The zero-order valence-electron chi connectivity index (χ0n) is 64.7. The van der Waals surface area contributed by atoms with Crippen LogP contribution in [-0.2, 0) is 45.6 Å². The molecule has 0 bridgehead atoms. The molecule has 27 heteroatoms. The second-order valence-corrected chi connectivity index (χ2v) is 34.5. The van der Waals surface area contributed by atoms with Crippen LogP contribution in [0.25, 0.3) is 0 Å². The molecule has 2 unspecified atom stereocenters. The zero-order valence-corrected chi connectivity index (χ0v) is 66.2. The summed E-state index contributed by atoms with van der Waals surface area (Å²) in [5.74, 6) is -0.871. The maximum atomic E-state index is 13.4. The van der Waals surface area contributed by atoms with Gasteiger partial charge in [-0.2, -0.15) is 39.5 Å². The highest BCUT2D eigenvalue weighted by molar-refractivity contribution is 9.10. The van der Waals surface area contributed by atoms with Crippen molar-refractivity contribution < 1.29 is 82.8 Å². The first-order valence-corrected chi connectivity index (χ1v) is 39.0. The number of alkyl carbamates (subject to hydrolysis) is 1. The highest BCUT2D eigenvalue weighted by atomic mass is 79.9. The molecule has 5 aromatic rings. The number of benzene rings is 5. The number of carbonyl (C=O) groups excluding carboxylic acids is 4. The number of nitrogens with zero attached hydrogens (tertiary/aromatic N) is 5. The first-order valence-electron chi connectivity index (χ1n) is 38.3. The molecular weight excluding hydrogens is 1500 g/mol. The number of alkyl halides is 9. The topological polar surface area (TPSA) is 200 Å². The Morgan fingerprint density at radius 3 is 1.19 bits per heavy atom. The van der Waals surface area contributed by atoms with E-state index in [0.29, 0.717) is 47.2 Å². The summed E-state index contributed by atoms with van der Waals surface area (Å²) in [5, 5.41) is 15.1. The Bertz CT molecular complexity index is 3900. The number of aromatic carboxylic acids is 1. The normalized spacial score (nSPS) is 20.2. The number of anilines is 2. The maximum absolute atomic E-state index is 13.4. The number of likely N-dealkylation sites (tertiary alicyclic amines) is 3. The van der Waals surface area contributed by atoms with Crippen molar-refractivity contribution in [2.75, 3.05) is 88.3 Å². The van der Waals surface area contributed by atoms with Crippen LogP contribution in [0.2, 0.25) is 0 Å². The van der Waals surface area contributed by atoms with Crippen molar-refractivity contribution in [3.8, 4) is 0 Å². The Labute approximate surface area is 649 Å². The van der Waals surface area contributed by atoms with Crippen LogP contribution < -0.4 is 26.2 Å². The molecule has 0 radical (unpaired) electrons. The Morgan fingerprint density at radius 1 is 0.455 bits per heavy atom. The summed E-state index contributed by atoms with van der Waals surface area (Å²) in [6.07, 6.45) is 2.28. The number of hydrogen-bond donors (Lipinski definition) is 4. The molecule has 110 heavy (non-hydrogen) atoms. The van der Waals surface area contributed by atoms with Crippen LogP contribution in [0.4, 0.5) is 65.3 Å². The maximum Gasteiger partial charge on any atom is 0.416 e. The zero-order chi connectivity index (χ0) is 80.4. The predicted octanol–water partition coefficient (Wildman–Crippen LogP) is 19.2. The molecule has 5 N–H and O–H groups in total. The van der Waals surface area contributed by atoms with Gasteiger partial charge >= 0.3 is 42.8 Å². The van der Waals surface area contributed by atoms with Crippen LogP contribution in [0, 0.1) is 16.2 Å². The minimum atomic E-state index is -4.33. The van der Waals surface area contributed by atoms with E-state index in [1.807, 2.05) is 96.4 Å². The number of hydrogen-bond acceptors (Lipinski definition) is 12. The molecule has 6 heterocycles. The van der Waals surface area contributed by atoms with Crippen LogP contribution in [0.5, 0.6) is 0 Å². The second-order valence-electron chi connectivity index (χ2n) is 33.6. The number of fused-ring (bicyclic) bond motifs is 2. The first kappa shape index (κ1) is 86.2. The van der Waals surface area contributed by atoms with E-state index < -0.39 is 58.5 Å². The van der Waals surface area contributed by atoms with Gasteiger partial charge in [-0.3, -0.25) is 4.79 Å². The largest absolute Gasteiger partial charge is 0.478 e. The number of aryl methyl sites for hydroxylation is 2. The van der Waals surface area contributed by atoms with Gasteiger partial charge in [0.2, 0.25) is 0 Å². The van der Waals surface area contributed by atoms with E-state index in [4.69, 9.17) is 25.1 Å². The van der Waals surface area contributed by atoms with Crippen LogP contribution in [0.3, 0.4) is 0 Å². The van der Waals surface area contributed by atoms with E-state index in [1.165, 1.54) is 30.5 Å². The van der Waals surface area contributed by atoms with Crippen molar-refractivity contribution >= 4 is 57.5 Å². The SMILES string of the molecule is CC(C)(C)OC(=O)N1CCC2(CC1)CCN(c1ccc(C(F)(F)F)cc1)CC2.CC(C)(C)OC(=O)N1CCC2(CCNCC2)CC1.CC(C)(C)OC(=O)NC1CCc2ccc(C(=O)N3CCC4(CC3)CCN(c3ccc(C(F)(F)F)cc3)CC4)cc21.FC(F)(F)c1ccc(Br)cc1.NC1CCc2ccc(C(=O)O)cc21. The van der Waals surface area contributed by atoms with Crippen molar-refractivity contribution in [1.82, 2.24) is 25.3 Å². The predicted molar refractivity (Wildman–Crippen MR) is 409 cm³/mol. The summed E-state index contributed by atoms with van der Waals surface area (Å²) >= 11 is 3.04. The number of halogens is 10. The smallest absolute Gasteiger partial charge is 0.416 e. The van der Waals surface area contributed by atoms with Gasteiger partial charge in [0.25, 0.3) is 5.91 Å². The third kappa shape index (κ3) is 24.4. The van der Waals surface area contributed by atoms with E-state index in [-0.39, 0.29) is 46.6 Å². The molecule has 3 spiro atoms. The van der Waals surface area contributed by atoms with E-state index in [1.54, 1.807) is 41.3 Å². The molecule has 604 valence electrons. The fourth-order valence-electron chi connectivity index (χ4n) is 15.7. The van der Waals surface area contributed by atoms with E-state index in [9.17, 15) is 63.5 Å². The lowest BCUT2D eigenvalue weighted by Crippen LogP contribution is -2.49. The van der Waals surface area contributed by atoms with Gasteiger partial charge in [-0.05, 0) is 314 Å². The molecule has 0 saturated carbocycles. The summed E-state index contributed by atoms with van der Waals surface area (Å²) < 4.78 is 130. The number of carbonyl (C=O) groups is 5. The van der Waals surface area contributed by atoms with Crippen molar-refractivity contribution in [2.24, 2.45) is 22.0 Å². The lowest BCUT2D eigenvalue weighted by atomic mass is 9.71. The fraction of sp³-hybridized carbons (Fsp3) is 0.578. The molecule has 17 nitrogen and oxygen atoms in total. The van der Waals surface area contributed by atoms with Gasteiger partial charge in [0, 0.05) is 92.9 Å². The van der Waals surface area contributed by atoms with Crippen molar-refractivity contribution in [2.45, 2.75) is 212 Å². The van der Waals surface area contributed by atoms with Crippen LogP contribution in [0.1, 0.15) is 224 Å². The number of ether oxygens (including phenoxy) is 3. The number of amides is 4. The molecule has 2 atom stereocenters. The summed E-state index contributed by atoms with van der Waals surface area (Å²) in [6, 6.07) is 26.5. The number of piperidine rings is 6. The molecule has 6 saturated heterocycles. The van der Waals surface area contributed by atoms with E-state index >= 15 is 0 Å². The number of nitrogens with one attached hydrogen (secondary N) is 2. The number of carboxylic acid groups (broad SMARTS) is 1. The second kappa shape index (κ2) is 35.5. The highest BCUT2D eigenvalue weighted by Gasteiger charge is 2.43. The third-order valence-electron chi connectivity index (χ3n) is 22.3. The molecular formula is C83H108BrF9N8O9. The van der Waals surface area contributed by atoms with Crippen molar-refractivity contribution in [3.63, 3.8) is 0 Å². The molecule has 6 aliphatic heterocycles. The Balaban J connectivity index is 0.000000172. The van der Waals surface area contributed by atoms with Crippen LogP contribution in [-0.4, -0.2) is 145 Å². The molecule has 13 rings (SSSR count). The quantitative estimate of drug-likeness (QED) is 0.0958. The van der Waals surface area contributed by atoms with Crippen LogP contribution in [0.15, 0.2) is 114 Å². The highest BCUT2D eigenvalue weighted by Crippen LogP contribution is 2.46. The van der Waals surface area contributed by atoms with Gasteiger partial charge in [0.05, 0.1) is 28.3 Å². The summed E-state index contributed by atoms with van der Waals surface area (Å²) in [7, 11) is 0.